The van der Waals surface area contributed by atoms with Crippen molar-refractivity contribution in [3.63, 3.8) is 0 Å². The van der Waals surface area contributed by atoms with Crippen LogP contribution in [0.2, 0.25) is 0 Å². The van der Waals surface area contributed by atoms with Crippen molar-refractivity contribution in [2.24, 2.45) is 0 Å². The summed E-state index contributed by atoms with van der Waals surface area (Å²) in [6, 6.07) is 12.4. The van der Waals surface area contributed by atoms with Crippen LogP contribution in [-0.4, -0.2) is 19.9 Å². The zero-order valence-electron chi connectivity index (χ0n) is 10.5. The highest BCUT2D eigenvalue weighted by Gasteiger charge is 2.18. The summed E-state index contributed by atoms with van der Waals surface area (Å²) < 4.78 is 26.6. The summed E-state index contributed by atoms with van der Waals surface area (Å²) in [6.07, 6.45) is 1.55. The molecule has 0 unspecified atom stereocenters. The first-order valence-electron chi connectivity index (χ1n) is 5.90. The summed E-state index contributed by atoms with van der Waals surface area (Å²) in [5.74, 6) is 0.314. The Labute approximate surface area is 112 Å². The number of nitrogens with zero attached hydrogens (tertiary/aromatic N) is 1. The number of para-hydroxylation sites is 1. The number of nitrogens with one attached hydrogen (secondary N) is 2. The lowest BCUT2D eigenvalue weighted by Crippen LogP contribution is -2.24. The third-order valence-electron chi connectivity index (χ3n) is 2.43. The molecular weight excluding hydrogens is 262 g/mol. The fourth-order valence-electron chi connectivity index (χ4n) is 1.63. The van der Waals surface area contributed by atoms with Gasteiger partial charge in [0.2, 0.25) is 10.0 Å². The Balaban J connectivity index is 2.37. The van der Waals surface area contributed by atoms with Crippen LogP contribution in [-0.2, 0) is 10.0 Å². The molecule has 0 saturated heterocycles. The number of pyridine rings is 1. The van der Waals surface area contributed by atoms with Gasteiger partial charge in [0.25, 0.3) is 0 Å². The number of aromatic nitrogens is 1. The molecule has 0 atom stereocenters. The maximum Gasteiger partial charge on any atom is 0.244 e. The highest BCUT2D eigenvalue weighted by Crippen LogP contribution is 2.21. The van der Waals surface area contributed by atoms with E-state index < -0.39 is 10.0 Å². The molecule has 0 aliphatic carbocycles. The van der Waals surface area contributed by atoms with Crippen LogP contribution < -0.4 is 10.0 Å². The van der Waals surface area contributed by atoms with E-state index in [0.717, 1.165) is 5.69 Å². The van der Waals surface area contributed by atoms with Gasteiger partial charge in [0.1, 0.15) is 4.90 Å². The highest BCUT2D eigenvalue weighted by molar-refractivity contribution is 7.89. The molecule has 2 N–H and O–H groups in total. The third kappa shape index (κ3) is 3.30. The fourth-order valence-corrected chi connectivity index (χ4v) is 2.78. The zero-order chi connectivity index (χ0) is 13.7. The number of hydrogen-bond donors (Lipinski definition) is 2. The smallest absolute Gasteiger partial charge is 0.244 e. The normalized spacial score (nSPS) is 11.2. The van der Waals surface area contributed by atoms with Gasteiger partial charge in [-0.05, 0) is 24.3 Å². The van der Waals surface area contributed by atoms with Crippen LogP contribution in [0.4, 0.5) is 11.5 Å². The summed E-state index contributed by atoms with van der Waals surface area (Å²) in [7, 11) is -3.54. The van der Waals surface area contributed by atoms with Gasteiger partial charge in [-0.2, -0.15) is 0 Å². The number of sulfonamides is 1. The Morgan fingerprint density at radius 1 is 1.11 bits per heavy atom. The SMILES string of the molecule is CCNS(=O)(=O)c1cccnc1Nc1ccccc1. The first-order chi connectivity index (χ1) is 9.13. The molecule has 0 saturated carbocycles. The van der Waals surface area contributed by atoms with Crippen LogP contribution in [0.1, 0.15) is 6.92 Å². The van der Waals surface area contributed by atoms with Crippen molar-refractivity contribution in [1.29, 1.82) is 0 Å². The minimum atomic E-state index is -3.54. The molecule has 6 heteroatoms. The van der Waals surface area contributed by atoms with Gasteiger partial charge in [0.15, 0.2) is 5.82 Å². The number of anilines is 2. The van der Waals surface area contributed by atoms with E-state index in [1.165, 1.54) is 6.07 Å². The van der Waals surface area contributed by atoms with Gasteiger partial charge in [-0.15, -0.1) is 0 Å². The molecule has 0 spiro atoms. The van der Waals surface area contributed by atoms with E-state index in [2.05, 4.69) is 15.0 Å². The van der Waals surface area contributed by atoms with E-state index in [1.54, 1.807) is 19.2 Å². The Kier molecular flexibility index (Phi) is 4.13. The molecule has 19 heavy (non-hydrogen) atoms. The van der Waals surface area contributed by atoms with Crippen LogP contribution >= 0.6 is 0 Å². The molecule has 0 radical (unpaired) electrons. The van der Waals surface area contributed by atoms with Gasteiger partial charge in [-0.25, -0.2) is 18.1 Å². The van der Waals surface area contributed by atoms with Gasteiger partial charge in [-0.1, -0.05) is 25.1 Å². The second-order valence-electron chi connectivity index (χ2n) is 3.84. The van der Waals surface area contributed by atoms with Gasteiger partial charge in [0, 0.05) is 18.4 Å². The minimum Gasteiger partial charge on any atom is -0.339 e. The molecule has 100 valence electrons. The van der Waals surface area contributed by atoms with Crippen LogP contribution in [0.3, 0.4) is 0 Å². The molecule has 2 rings (SSSR count). The van der Waals surface area contributed by atoms with Gasteiger partial charge in [0.05, 0.1) is 0 Å². The van der Waals surface area contributed by atoms with Crippen molar-refractivity contribution in [3.8, 4) is 0 Å². The molecule has 0 aliphatic heterocycles. The van der Waals surface area contributed by atoms with Crippen molar-refractivity contribution >= 4 is 21.5 Å². The van der Waals surface area contributed by atoms with Crippen molar-refractivity contribution < 1.29 is 8.42 Å². The predicted octanol–water partition coefficient (Wildman–Crippen LogP) is 2.12. The molecule has 1 heterocycles. The first-order valence-corrected chi connectivity index (χ1v) is 7.38. The lowest BCUT2D eigenvalue weighted by Gasteiger charge is -2.11. The summed E-state index contributed by atoms with van der Waals surface area (Å²) >= 11 is 0. The molecule has 0 amide bonds. The monoisotopic (exact) mass is 277 g/mol. The maximum absolute atomic E-state index is 12.1. The Morgan fingerprint density at radius 3 is 2.53 bits per heavy atom. The maximum atomic E-state index is 12.1. The Hall–Kier alpha value is -1.92. The fraction of sp³-hybridized carbons (Fsp3) is 0.154. The van der Waals surface area contributed by atoms with Gasteiger partial charge < -0.3 is 5.32 Å². The van der Waals surface area contributed by atoms with Gasteiger partial charge >= 0.3 is 0 Å². The third-order valence-corrected chi connectivity index (χ3v) is 4.01. The van der Waals surface area contributed by atoms with E-state index in [4.69, 9.17) is 0 Å². The van der Waals surface area contributed by atoms with Crippen molar-refractivity contribution in [2.75, 3.05) is 11.9 Å². The second-order valence-corrected chi connectivity index (χ2v) is 5.58. The van der Waals surface area contributed by atoms with Crippen LogP contribution in [0.5, 0.6) is 0 Å². The number of hydrogen-bond acceptors (Lipinski definition) is 4. The van der Waals surface area contributed by atoms with Gasteiger partial charge in [-0.3, -0.25) is 0 Å². The largest absolute Gasteiger partial charge is 0.339 e. The molecule has 5 nitrogen and oxygen atoms in total. The predicted molar refractivity (Wildman–Crippen MR) is 74.8 cm³/mol. The molecule has 1 aromatic heterocycles. The van der Waals surface area contributed by atoms with Crippen molar-refractivity contribution in [2.45, 2.75) is 11.8 Å². The lowest BCUT2D eigenvalue weighted by molar-refractivity contribution is 0.584. The molecular formula is C13H15N3O2S. The molecule has 1 aromatic carbocycles. The van der Waals surface area contributed by atoms with E-state index in [1.807, 2.05) is 30.3 Å². The quantitative estimate of drug-likeness (QED) is 0.878. The number of benzene rings is 1. The topological polar surface area (TPSA) is 71.1 Å². The zero-order valence-corrected chi connectivity index (χ0v) is 11.3. The standard InChI is InChI=1S/C13H15N3O2S/c1-2-15-19(17,18)12-9-6-10-14-13(12)16-11-7-4-3-5-8-11/h3-10,15H,2H2,1H3,(H,14,16). The van der Waals surface area contributed by atoms with E-state index in [-0.39, 0.29) is 4.90 Å². The summed E-state index contributed by atoms with van der Waals surface area (Å²) in [5, 5.41) is 3.01. The molecule has 0 aliphatic rings. The van der Waals surface area contributed by atoms with E-state index in [0.29, 0.717) is 12.4 Å². The van der Waals surface area contributed by atoms with Crippen molar-refractivity contribution in [3.05, 3.63) is 48.7 Å². The first kappa shape index (κ1) is 13.5. The Bertz CT molecular complexity index is 642. The summed E-state index contributed by atoms with van der Waals surface area (Å²) in [4.78, 5) is 4.23. The number of rotatable bonds is 5. The minimum absolute atomic E-state index is 0.140. The average molecular weight is 277 g/mol. The molecule has 0 fully saturated rings. The van der Waals surface area contributed by atoms with Crippen LogP contribution in [0, 0.1) is 0 Å². The molecule has 2 aromatic rings. The summed E-state index contributed by atoms with van der Waals surface area (Å²) in [6.45, 7) is 2.07. The second kappa shape index (κ2) is 5.81. The van der Waals surface area contributed by atoms with E-state index >= 15 is 0 Å². The Morgan fingerprint density at radius 2 is 1.84 bits per heavy atom. The summed E-state index contributed by atoms with van der Waals surface area (Å²) in [5.41, 5.74) is 0.786. The average Bonchev–Trinajstić information content (AvgIpc) is 2.40. The van der Waals surface area contributed by atoms with E-state index in [9.17, 15) is 8.42 Å². The molecule has 0 bridgehead atoms. The van der Waals surface area contributed by atoms with Crippen LogP contribution in [0.25, 0.3) is 0 Å². The van der Waals surface area contributed by atoms with Crippen LogP contribution in [0.15, 0.2) is 53.6 Å². The van der Waals surface area contributed by atoms with Crippen molar-refractivity contribution in [1.82, 2.24) is 9.71 Å². The highest BCUT2D eigenvalue weighted by atomic mass is 32.2. The lowest BCUT2D eigenvalue weighted by atomic mass is 10.3.